The number of carbonyl (C=O) groups excluding carboxylic acids is 3. The van der Waals surface area contributed by atoms with Crippen LogP contribution in [0.4, 0.5) is 5.69 Å². The monoisotopic (exact) mass is 421 g/mol. The highest BCUT2D eigenvalue weighted by molar-refractivity contribution is 6.13. The fraction of sp³-hybridized carbons (Fsp3) is 0.375. The number of anilines is 1. The van der Waals surface area contributed by atoms with Gasteiger partial charge in [0.25, 0.3) is 5.91 Å². The first-order valence-electron chi connectivity index (χ1n) is 10.7. The minimum atomic E-state index is -0.502. The summed E-state index contributed by atoms with van der Waals surface area (Å²) >= 11 is 0. The second-order valence-electron chi connectivity index (χ2n) is 7.91. The number of fused-ring (bicyclic) bond motifs is 2. The van der Waals surface area contributed by atoms with Crippen molar-refractivity contribution in [3.63, 3.8) is 0 Å². The van der Waals surface area contributed by atoms with Crippen LogP contribution in [0.15, 0.2) is 42.5 Å². The predicted molar refractivity (Wildman–Crippen MR) is 117 cm³/mol. The van der Waals surface area contributed by atoms with Gasteiger partial charge in [-0.2, -0.15) is 0 Å². The molecule has 0 aliphatic carbocycles. The van der Waals surface area contributed by atoms with Crippen molar-refractivity contribution in [3.05, 3.63) is 59.2 Å². The minimum absolute atomic E-state index is 0.120. The topological polar surface area (TPSA) is 79.0 Å². The summed E-state index contributed by atoms with van der Waals surface area (Å²) in [4.78, 5) is 42.3. The molecule has 2 aromatic carbocycles. The van der Waals surface area contributed by atoms with Crippen LogP contribution in [0, 0.1) is 6.92 Å². The van der Waals surface area contributed by atoms with Crippen LogP contribution >= 0.6 is 0 Å². The number of ether oxygens (including phenoxy) is 1. The summed E-state index contributed by atoms with van der Waals surface area (Å²) in [5.41, 5.74) is 2.77. The third-order valence-corrected chi connectivity index (χ3v) is 5.83. The van der Waals surface area contributed by atoms with E-state index in [1.54, 1.807) is 11.0 Å². The van der Waals surface area contributed by atoms with E-state index in [-0.39, 0.29) is 24.3 Å². The lowest BCUT2D eigenvalue weighted by Gasteiger charge is -2.26. The number of nitrogens with one attached hydrogen (secondary N) is 1. The normalized spacial score (nSPS) is 17.8. The molecule has 0 bridgehead atoms. The Kier molecular flexibility index (Phi) is 5.93. The summed E-state index contributed by atoms with van der Waals surface area (Å²) in [5.74, 6) is 0.197. The minimum Gasteiger partial charge on any atom is -0.494 e. The molecule has 31 heavy (non-hydrogen) atoms. The number of para-hydroxylation sites is 1. The number of amides is 3. The number of benzene rings is 2. The number of aryl methyl sites for hydroxylation is 1. The van der Waals surface area contributed by atoms with E-state index in [1.807, 2.05) is 50.2 Å². The molecule has 1 N–H and O–H groups in total. The SMILES string of the molecule is CCOc1ccc(CNC(=O)CN2C(=O)C3CCCN3C(=O)c3cccc(C)c32)cc1. The van der Waals surface area contributed by atoms with Gasteiger partial charge in [-0.15, -0.1) is 0 Å². The molecule has 2 heterocycles. The molecular formula is C24H27N3O4. The van der Waals surface area contributed by atoms with Crippen LogP contribution in [0.2, 0.25) is 0 Å². The summed E-state index contributed by atoms with van der Waals surface area (Å²) in [6, 6.07) is 12.4. The Morgan fingerprint density at radius 1 is 1.16 bits per heavy atom. The highest BCUT2D eigenvalue weighted by atomic mass is 16.5. The lowest BCUT2D eigenvalue weighted by atomic mass is 10.1. The molecule has 1 unspecified atom stereocenters. The maximum Gasteiger partial charge on any atom is 0.256 e. The molecule has 3 amide bonds. The van der Waals surface area contributed by atoms with E-state index in [4.69, 9.17) is 4.74 Å². The number of carbonyl (C=O) groups is 3. The molecule has 162 valence electrons. The highest BCUT2D eigenvalue weighted by Gasteiger charge is 2.42. The van der Waals surface area contributed by atoms with Crippen molar-refractivity contribution in [2.75, 3.05) is 24.6 Å². The van der Waals surface area contributed by atoms with Gasteiger partial charge in [-0.3, -0.25) is 14.4 Å². The van der Waals surface area contributed by atoms with Crippen molar-refractivity contribution >= 4 is 23.4 Å². The Hall–Kier alpha value is -3.35. The van der Waals surface area contributed by atoms with E-state index in [2.05, 4.69) is 5.32 Å². The van der Waals surface area contributed by atoms with Gasteiger partial charge in [-0.25, -0.2) is 0 Å². The van der Waals surface area contributed by atoms with Crippen LogP contribution in [0.1, 0.15) is 41.3 Å². The maximum atomic E-state index is 13.3. The van der Waals surface area contributed by atoms with Gasteiger partial charge in [0, 0.05) is 13.1 Å². The molecule has 1 atom stereocenters. The zero-order chi connectivity index (χ0) is 22.0. The first-order valence-corrected chi connectivity index (χ1v) is 10.7. The lowest BCUT2D eigenvalue weighted by Crippen LogP contribution is -2.48. The molecule has 2 aliphatic rings. The number of nitrogens with zero attached hydrogens (tertiary/aromatic N) is 2. The molecular weight excluding hydrogens is 394 g/mol. The van der Waals surface area contributed by atoms with E-state index in [1.165, 1.54) is 4.90 Å². The lowest BCUT2D eigenvalue weighted by molar-refractivity contribution is -0.125. The molecule has 7 nitrogen and oxygen atoms in total. The quantitative estimate of drug-likeness (QED) is 0.778. The molecule has 2 aliphatic heterocycles. The maximum absolute atomic E-state index is 13.3. The molecule has 7 heteroatoms. The molecule has 4 rings (SSSR count). The Morgan fingerprint density at radius 2 is 1.94 bits per heavy atom. The van der Waals surface area contributed by atoms with Gasteiger partial charge in [0.05, 0.1) is 17.9 Å². The first kappa shape index (κ1) is 20.9. The van der Waals surface area contributed by atoms with Crippen molar-refractivity contribution in [2.24, 2.45) is 0 Å². The van der Waals surface area contributed by atoms with Gasteiger partial charge >= 0.3 is 0 Å². The van der Waals surface area contributed by atoms with Gasteiger partial charge in [0.1, 0.15) is 18.3 Å². The summed E-state index contributed by atoms with van der Waals surface area (Å²) in [7, 11) is 0. The van der Waals surface area contributed by atoms with E-state index >= 15 is 0 Å². The first-order chi connectivity index (χ1) is 15.0. The van der Waals surface area contributed by atoms with Crippen LogP contribution in [0.5, 0.6) is 5.75 Å². The molecule has 1 fully saturated rings. The van der Waals surface area contributed by atoms with E-state index < -0.39 is 6.04 Å². The van der Waals surface area contributed by atoms with Crippen LogP contribution in [0.25, 0.3) is 0 Å². The number of rotatable bonds is 6. The van der Waals surface area contributed by atoms with E-state index in [0.717, 1.165) is 23.3 Å². The van der Waals surface area contributed by atoms with Crippen LogP contribution < -0.4 is 15.0 Å². The van der Waals surface area contributed by atoms with Crippen LogP contribution in [-0.4, -0.2) is 48.4 Å². The van der Waals surface area contributed by atoms with Crippen molar-refractivity contribution < 1.29 is 19.1 Å². The van der Waals surface area contributed by atoms with Gasteiger partial charge in [0.15, 0.2) is 0 Å². The van der Waals surface area contributed by atoms with Gasteiger partial charge in [0.2, 0.25) is 11.8 Å². The fourth-order valence-corrected chi connectivity index (χ4v) is 4.33. The smallest absolute Gasteiger partial charge is 0.256 e. The summed E-state index contributed by atoms with van der Waals surface area (Å²) in [6.45, 7) is 5.19. The Bertz CT molecular complexity index is 1000. The molecule has 2 aromatic rings. The molecule has 1 saturated heterocycles. The Balaban J connectivity index is 1.52. The third-order valence-electron chi connectivity index (χ3n) is 5.83. The molecule has 0 radical (unpaired) electrons. The Labute approximate surface area is 182 Å². The van der Waals surface area contributed by atoms with Gasteiger partial charge in [-0.1, -0.05) is 24.3 Å². The summed E-state index contributed by atoms with van der Waals surface area (Å²) in [6.07, 6.45) is 1.42. The largest absolute Gasteiger partial charge is 0.494 e. The van der Waals surface area contributed by atoms with E-state index in [0.29, 0.717) is 37.4 Å². The molecule has 0 saturated carbocycles. The zero-order valence-corrected chi connectivity index (χ0v) is 17.9. The summed E-state index contributed by atoms with van der Waals surface area (Å²) < 4.78 is 5.44. The highest BCUT2D eigenvalue weighted by Crippen LogP contribution is 2.34. The average molecular weight is 421 g/mol. The van der Waals surface area contributed by atoms with Crippen molar-refractivity contribution in [1.82, 2.24) is 10.2 Å². The van der Waals surface area contributed by atoms with E-state index in [9.17, 15) is 14.4 Å². The van der Waals surface area contributed by atoms with Crippen molar-refractivity contribution in [3.8, 4) is 5.75 Å². The summed E-state index contributed by atoms with van der Waals surface area (Å²) in [5, 5.41) is 2.89. The standard InChI is InChI=1S/C24H27N3O4/c1-3-31-18-11-9-17(10-12-18)14-25-21(28)15-27-22-16(2)6-4-7-19(22)23(29)26-13-5-8-20(26)24(27)30/h4,6-7,9-12,20H,3,5,8,13-15H2,1-2H3,(H,25,28). The van der Waals surface area contributed by atoms with Crippen LogP contribution in [0.3, 0.4) is 0 Å². The van der Waals surface area contributed by atoms with Crippen molar-refractivity contribution in [1.29, 1.82) is 0 Å². The third kappa shape index (κ3) is 4.13. The van der Waals surface area contributed by atoms with Crippen molar-refractivity contribution in [2.45, 2.75) is 39.3 Å². The predicted octanol–water partition coefficient (Wildman–Crippen LogP) is 2.66. The molecule has 0 spiro atoms. The number of hydrogen-bond acceptors (Lipinski definition) is 4. The second kappa shape index (κ2) is 8.79. The van der Waals surface area contributed by atoms with Gasteiger partial charge < -0.3 is 19.9 Å². The second-order valence-corrected chi connectivity index (χ2v) is 7.91. The zero-order valence-electron chi connectivity index (χ0n) is 17.9. The van der Waals surface area contributed by atoms with Gasteiger partial charge in [-0.05, 0) is 56.0 Å². The molecule has 0 aromatic heterocycles. The van der Waals surface area contributed by atoms with Crippen LogP contribution in [-0.2, 0) is 16.1 Å². The Morgan fingerprint density at radius 3 is 2.68 bits per heavy atom. The fourth-order valence-electron chi connectivity index (χ4n) is 4.33. The average Bonchev–Trinajstić information content (AvgIpc) is 3.24. The number of hydrogen-bond donors (Lipinski definition) is 1.